The van der Waals surface area contributed by atoms with Crippen LogP contribution in [-0.2, 0) is 14.3 Å². The van der Waals surface area contributed by atoms with E-state index < -0.39 is 0 Å². The third-order valence-corrected chi connectivity index (χ3v) is 6.72. The first-order valence-electron chi connectivity index (χ1n) is 9.76. The summed E-state index contributed by atoms with van der Waals surface area (Å²) in [5.41, 5.74) is 4.02. The Morgan fingerprint density at radius 3 is 2.72 bits per heavy atom. The van der Waals surface area contributed by atoms with Crippen LogP contribution in [0.15, 0.2) is 34.9 Å². The van der Waals surface area contributed by atoms with E-state index in [1.54, 1.807) is 0 Å². The summed E-state index contributed by atoms with van der Waals surface area (Å²) in [5.74, 6) is 1.05. The Hall–Kier alpha value is -1.64. The van der Waals surface area contributed by atoms with Gasteiger partial charge < -0.3 is 4.74 Å². The topological polar surface area (TPSA) is 43.4 Å². The van der Waals surface area contributed by atoms with Crippen LogP contribution in [0.2, 0.25) is 0 Å². The van der Waals surface area contributed by atoms with Crippen molar-refractivity contribution in [3.05, 3.63) is 34.9 Å². The van der Waals surface area contributed by atoms with Crippen molar-refractivity contribution >= 4 is 11.8 Å². The van der Waals surface area contributed by atoms with Crippen LogP contribution in [0.3, 0.4) is 0 Å². The lowest BCUT2D eigenvalue weighted by Crippen LogP contribution is -2.46. The largest absolute Gasteiger partial charge is 0.462 e. The van der Waals surface area contributed by atoms with Gasteiger partial charge in [0, 0.05) is 18.8 Å². The number of hydrogen-bond donors (Lipinski definition) is 0. The summed E-state index contributed by atoms with van der Waals surface area (Å²) >= 11 is 0. The normalized spacial score (nSPS) is 32.6. The number of esters is 1. The third-order valence-electron chi connectivity index (χ3n) is 6.72. The molecule has 0 spiro atoms. The predicted octanol–water partition coefficient (Wildman–Crippen LogP) is 4.93. The van der Waals surface area contributed by atoms with Gasteiger partial charge in [-0.05, 0) is 67.2 Å². The van der Waals surface area contributed by atoms with Crippen molar-refractivity contribution < 1.29 is 14.3 Å². The van der Waals surface area contributed by atoms with E-state index in [4.69, 9.17) is 4.74 Å². The Morgan fingerprint density at radius 1 is 1.32 bits per heavy atom. The number of ether oxygens (including phenoxy) is 1. The average molecular weight is 342 g/mol. The molecule has 0 radical (unpaired) electrons. The molecule has 136 valence electrons. The predicted molar refractivity (Wildman–Crippen MR) is 98.9 cm³/mol. The molecule has 0 saturated heterocycles. The van der Waals surface area contributed by atoms with Gasteiger partial charge in [0.2, 0.25) is 0 Å². The van der Waals surface area contributed by atoms with Gasteiger partial charge in [0.05, 0.1) is 0 Å². The lowest BCUT2D eigenvalue weighted by Gasteiger charge is -2.50. The molecule has 4 atom stereocenters. The SMILES string of the molecule is CC[C@H]1[C@@H]2CCC3=CC(=O)CCC3=C2C=C[C@]1(CC)C(C)OC(C)=O. The monoisotopic (exact) mass is 342 g/mol. The quantitative estimate of drug-likeness (QED) is 0.681. The summed E-state index contributed by atoms with van der Waals surface area (Å²) in [7, 11) is 0. The first-order chi connectivity index (χ1) is 11.9. The molecule has 3 aliphatic carbocycles. The Bertz CT molecular complexity index is 667. The number of carbonyl (C=O) groups is 2. The zero-order chi connectivity index (χ0) is 18.2. The summed E-state index contributed by atoms with van der Waals surface area (Å²) in [6.07, 6.45) is 12.0. The molecule has 0 fully saturated rings. The fourth-order valence-corrected chi connectivity index (χ4v) is 5.52. The molecule has 3 nitrogen and oxygen atoms in total. The standard InChI is InChI=1S/C22H30O3/c1-5-21-20-9-7-16-13-17(24)8-10-18(16)19(20)11-12-22(21,6-2)14(3)25-15(4)23/h11-14,20-21H,5-10H2,1-4H3/t14?,20-,21+,22-/m1/s1. The highest BCUT2D eigenvalue weighted by Gasteiger charge is 2.48. The molecular formula is C22H30O3. The fourth-order valence-electron chi connectivity index (χ4n) is 5.52. The van der Waals surface area contributed by atoms with E-state index in [1.165, 1.54) is 23.6 Å². The zero-order valence-electron chi connectivity index (χ0n) is 15.9. The number of hydrogen-bond acceptors (Lipinski definition) is 3. The van der Waals surface area contributed by atoms with Gasteiger partial charge in [-0.15, -0.1) is 0 Å². The van der Waals surface area contributed by atoms with Gasteiger partial charge in [-0.2, -0.15) is 0 Å². The number of allylic oxidation sites excluding steroid dienone is 5. The van der Waals surface area contributed by atoms with Crippen LogP contribution in [0.4, 0.5) is 0 Å². The lowest BCUT2D eigenvalue weighted by molar-refractivity contribution is -0.153. The highest BCUT2D eigenvalue weighted by atomic mass is 16.5. The minimum Gasteiger partial charge on any atom is -0.462 e. The van der Waals surface area contributed by atoms with Crippen molar-refractivity contribution in [3.63, 3.8) is 0 Å². The van der Waals surface area contributed by atoms with E-state index in [-0.39, 0.29) is 23.3 Å². The number of carbonyl (C=O) groups excluding carboxylic acids is 2. The minimum absolute atomic E-state index is 0.0964. The summed E-state index contributed by atoms with van der Waals surface area (Å²) in [4.78, 5) is 23.3. The van der Waals surface area contributed by atoms with Crippen molar-refractivity contribution in [1.29, 1.82) is 0 Å². The summed E-state index contributed by atoms with van der Waals surface area (Å²) in [6, 6.07) is 0. The van der Waals surface area contributed by atoms with Gasteiger partial charge in [0.1, 0.15) is 6.10 Å². The Kier molecular flexibility index (Phi) is 5.04. The van der Waals surface area contributed by atoms with E-state index in [9.17, 15) is 9.59 Å². The number of fused-ring (bicyclic) bond motifs is 2. The van der Waals surface area contributed by atoms with Gasteiger partial charge in [0.25, 0.3) is 0 Å². The van der Waals surface area contributed by atoms with Gasteiger partial charge in [-0.25, -0.2) is 0 Å². The van der Waals surface area contributed by atoms with Crippen LogP contribution in [0.5, 0.6) is 0 Å². The van der Waals surface area contributed by atoms with Gasteiger partial charge in [-0.3, -0.25) is 9.59 Å². The van der Waals surface area contributed by atoms with Crippen molar-refractivity contribution in [2.75, 3.05) is 0 Å². The second-order valence-corrected chi connectivity index (χ2v) is 7.78. The first kappa shape index (κ1) is 18.2. The maximum absolute atomic E-state index is 11.8. The lowest BCUT2D eigenvalue weighted by atomic mass is 9.56. The van der Waals surface area contributed by atoms with Crippen LogP contribution in [-0.4, -0.2) is 17.9 Å². The Morgan fingerprint density at radius 2 is 2.08 bits per heavy atom. The second-order valence-electron chi connectivity index (χ2n) is 7.78. The highest BCUT2D eigenvalue weighted by molar-refractivity contribution is 5.93. The van der Waals surface area contributed by atoms with Crippen LogP contribution < -0.4 is 0 Å². The summed E-state index contributed by atoms with van der Waals surface area (Å²) in [5, 5.41) is 0. The molecule has 0 heterocycles. The smallest absolute Gasteiger partial charge is 0.302 e. The van der Waals surface area contributed by atoms with E-state index >= 15 is 0 Å². The van der Waals surface area contributed by atoms with Gasteiger partial charge >= 0.3 is 5.97 Å². The average Bonchev–Trinajstić information content (AvgIpc) is 2.59. The molecule has 0 amide bonds. The molecule has 0 aliphatic heterocycles. The molecule has 3 rings (SSSR count). The third kappa shape index (κ3) is 3.02. The maximum Gasteiger partial charge on any atom is 0.302 e. The van der Waals surface area contributed by atoms with Crippen molar-refractivity contribution in [2.45, 2.75) is 72.3 Å². The van der Waals surface area contributed by atoms with E-state index in [1.807, 2.05) is 13.0 Å². The molecule has 0 bridgehead atoms. The molecule has 3 aliphatic rings. The van der Waals surface area contributed by atoms with Crippen LogP contribution in [0.1, 0.15) is 66.2 Å². The molecule has 0 saturated carbocycles. The summed E-state index contributed by atoms with van der Waals surface area (Å²) in [6.45, 7) is 8.01. The molecule has 0 aromatic rings. The van der Waals surface area contributed by atoms with Crippen LogP contribution in [0, 0.1) is 17.3 Å². The molecule has 0 aromatic carbocycles. The zero-order valence-corrected chi connectivity index (χ0v) is 15.9. The van der Waals surface area contributed by atoms with Crippen LogP contribution >= 0.6 is 0 Å². The molecule has 0 N–H and O–H groups in total. The molecule has 25 heavy (non-hydrogen) atoms. The van der Waals surface area contributed by atoms with E-state index in [2.05, 4.69) is 26.0 Å². The molecule has 3 heteroatoms. The Balaban J connectivity index is 2.05. The minimum atomic E-state index is -0.201. The van der Waals surface area contributed by atoms with Crippen LogP contribution in [0.25, 0.3) is 0 Å². The molecular weight excluding hydrogens is 312 g/mol. The van der Waals surface area contributed by atoms with E-state index in [0.29, 0.717) is 18.3 Å². The Labute approximate surface area is 151 Å². The highest BCUT2D eigenvalue weighted by Crippen LogP contribution is 2.54. The van der Waals surface area contributed by atoms with Crippen molar-refractivity contribution in [1.82, 2.24) is 0 Å². The molecule has 0 aromatic heterocycles. The second kappa shape index (κ2) is 6.93. The van der Waals surface area contributed by atoms with Crippen molar-refractivity contribution in [3.8, 4) is 0 Å². The molecule has 1 unspecified atom stereocenters. The fraction of sp³-hybridized carbons (Fsp3) is 0.636. The van der Waals surface area contributed by atoms with E-state index in [0.717, 1.165) is 32.1 Å². The van der Waals surface area contributed by atoms with Gasteiger partial charge in [-0.1, -0.05) is 32.4 Å². The van der Waals surface area contributed by atoms with Gasteiger partial charge in [0.15, 0.2) is 5.78 Å². The van der Waals surface area contributed by atoms with Crippen molar-refractivity contribution in [2.24, 2.45) is 17.3 Å². The maximum atomic E-state index is 11.8. The number of ketones is 1. The number of rotatable bonds is 4. The first-order valence-corrected chi connectivity index (χ1v) is 9.76. The summed E-state index contributed by atoms with van der Waals surface area (Å²) < 4.78 is 5.65.